The van der Waals surface area contributed by atoms with Crippen molar-refractivity contribution in [1.82, 2.24) is 5.23 Å². The number of esters is 1. The van der Waals surface area contributed by atoms with Gasteiger partial charge in [0.1, 0.15) is 5.54 Å². The molecule has 1 saturated carbocycles. The standard InChI is InChI=1S/C7H14BNO4/c1-8(12)9-7(6(11)13-2)3-5(10)4-7/h5,9-10,12H,3-4H2,1-2H3. The molecule has 0 saturated heterocycles. The molecule has 6 heteroatoms. The lowest BCUT2D eigenvalue weighted by Crippen LogP contribution is -2.66. The van der Waals surface area contributed by atoms with Crippen molar-refractivity contribution in [3.63, 3.8) is 0 Å². The van der Waals surface area contributed by atoms with Gasteiger partial charge in [-0.1, -0.05) is 0 Å². The number of carbonyl (C=O) groups is 1. The molecule has 3 N–H and O–H groups in total. The third kappa shape index (κ3) is 2.01. The molecule has 0 aromatic rings. The molecule has 0 radical (unpaired) electrons. The van der Waals surface area contributed by atoms with E-state index >= 15 is 0 Å². The first-order chi connectivity index (χ1) is 6.00. The van der Waals surface area contributed by atoms with Crippen molar-refractivity contribution >= 4 is 13.0 Å². The highest BCUT2D eigenvalue weighted by Crippen LogP contribution is 2.33. The summed E-state index contributed by atoms with van der Waals surface area (Å²) in [5.41, 5.74) is -0.887. The summed E-state index contributed by atoms with van der Waals surface area (Å²) in [6.45, 7) is 1.52. The van der Waals surface area contributed by atoms with Crippen LogP contribution in [-0.4, -0.2) is 41.9 Å². The van der Waals surface area contributed by atoms with Gasteiger partial charge in [0, 0.05) is 12.8 Å². The lowest BCUT2D eigenvalue weighted by Gasteiger charge is -2.43. The van der Waals surface area contributed by atoms with Gasteiger partial charge in [0.05, 0.1) is 13.2 Å². The monoisotopic (exact) mass is 187 g/mol. The van der Waals surface area contributed by atoms with Crippen LogP contribution in [0.5, 0.6) is 0 Å². The zero-order chi connectivity index (χ0) is 10.1. The van der Waals surface area contributed by atoms with Crippen LogP contribution in [0.15, 0.2) is 0 Å². The Morgan fingerprint density at radius 2 is 2.23 bits per heavy atom. The molecule has 0 aromatic carbocycles. The highest BCUT2D eigenvalue weighted by molar-refractivity contribution is 6.46. The summed E-state index contributed by atoms with van der Waals surface area (Å²) < 4.78 is 4.58. The number of aliphatic hydroxyl groups excluding tert-OH is 1. The van der Waals surface area contributed by atoms with Gasteiger partial charge in [0.2, 0.25) is 0 Å². The molecule has 5 nitrogen and oxygen atoms in total. The summed E-state index contributed by atoms with van der Waals surface area (Å²) in [6.07, 6.45) is 0.111. The molecule has 1 rings (SSSR count). The second kappa shape index (κ2) is 3.65. The lowest BCUT2D eigenvalue weighted by molar-refractivity contribution is -0.157. The Morgan fingerprint density at radius 1 is 1.69 bits per heavy atom. The molecule has 0 aliphatic heterocycles. The molecule has 0 unspecified atom stereocenters. The zero-order valence-corrected chi connectivity index (χ0v) is 7.78. The van der Waals surface area contributed by atoms with E-state index in [1.54, 1.807) is 0 Å². The second-order valence-electron chi connectivity index (χ2n) is 3.46. The maximum absolute atomic E-state index is 11.3. The fourth-order valence-electron chi connectivity index (χ4n) is 1.68. The molecule has 74 valence electrons. The normalized spacial score (nSPS) is 32.2. The van der Waals surface area contributed by atoms with Crippen LogP contribution >= 0.6 is 0 Å². The van der Waals surface area contributed by atoms with Crippen LogP contribution in [0.1, 0.15) is 12.8 Å². The van der Waals surface area contributed by atoms with Gasteiger partial charge in [0.15, 0.2) is 0 Å². The molecule has 13 heavy (non-hydrogen) atoms. The van der Waals surface area contributed by atoms with Crippen LogP contribution in [0.4, 0.5) is 0 Å². The first-order valence-corrected chi connectivity index (χ1v) is 4.22. The van der Waals surface area contributed by atoms with Crippen molar-refractivity contribution in [2.24, 2.45) is 0 Å². The van der Waals surface area contributed by atoms with Gasteiger partial charge in [-0.2, -0.15) is 0 Å². The predicted molar refractivity (Wildman–Crippen MR) is 47.0 cm³/mol. The zero-order valence-electron chi connectivity index (χ0n) is 7.78. The second-order valence-corrected chi connectivity index (χ2v) is 3.46. The lowest BCUT2D eigenvalue weighted by atomic mass is 9.69. The van der Waals surface area contributed by atoms with E-state index in [1.165, 1.54) is 13.9 Å². The summed E-state index contributed by atoms with van der Waals surface area (Å²) in [6, 6.07) is 0. The SMILES string of the molecule is COC(=O)C1(NB(C)O)CC(O)C1. The third-order valence-electron chi connectivity index (χ3n) is 2.23. The van der Waals surface area contributed by atoms with Gasteiger partial charge in [-0.3, -0.25) is 4.79 Å². The Hall–Kier alpha value is -0.585. The van der Waals surface area contributed by atoms with Gasteiger partial charge < -0.3 is 20.1 Å². The Bertz CT molecular complexity index is 203. The first-order valence-electron chi connectivity index (χ1n) is 4.22. The summed E-state index contributed by atoms with van der Waals surface area (Å²) in [5, 5.41) is 20.9. The third-order valence-corrected chi connectivity index (χ3v) is 2.23. The molecule has 0 spiro atoms. The largest absolute Gasteiger partial charge is 0.468 e. The fraction of sp³-hybridized carbons (Fsp3) is 0.857. The highest BCUT2D eigenvalue weighted by atomic mass is 16.5. The van der Waals surface area contributed by atoms with Crippen molar-refractivity contribution in [3.8, 4) is 0 Å². The number of nitrogens with one attached hydrogen (secondary N) is 1. The maximum atomic E-state index is 11.3. The molecule has 0 atom stereocenters. The van der Waals surface area contributed by atoms with Crippen molar-refractivity contribution in [3.05, 3.63) is 0 Å². The van der Waals surface area contributed by atoms with Crippen molar-refractivity contribution in [2.45, 2.75) is 31.3 Å². The van der Waals surface area contributed by atoms with Crippen LogP contribution in [0, 0.1) is 0 Å². The molecule has 1 fully saturated rings. The van der Waals surface area contributed by atoms with Crippen molar-refractivity contribution < 1.29 is 19.7 Å². The van der Waals surface area contributed by atoms with Crippen LogP contribution in [0.25, 0.3) is 0 Å². The van der Waals surface area contributed by atoms with Gasteiger partial charge in [-0.25, -0.2) is 0 Å². The minimum Gasteiger partial charge on any atom is -0.468 e. The number of ether oxygens (including phenoxy) is 1. The topological polar surface area (TPSA) is 78.8 Å². The number of rotatable bonds is 3. The molecule has 0 amide bonds. The van der Waals surface area contributed by atoms with Gasteiger partial charge in [-0.15, -0.1) is 0 Å². The van der Waals surface area contributed by atoms with Crippen LogP contribution in [-0.2, 0) is 9.53 Å². The average molecular weight is 187 g/mol. The van der Waals surface area contributed by atoms with E-state index in [0.717, 1.165) is 0 Å². The van der Waals surface area contributed by atoms with Crippen molar-refractivity contribution in [1.29, 1.82) is 0 Å². The van der Waals surface area contributed by atoms with E-state index in [1.807, 2.05) is 0 Å². The molecular formula is C7H14BNO4. The summed E-state index contributed by atoms with van der Waals surface area (Å²) >= 11 is 0. The average Bonchev–Trinajstić information content (AvgIpc) is 1.98. The fourth-order valence-corrected chi connectivity index (χ4v) is 1.68. The number of methoxy groups -OCH3 is 1. The summed E-state index contributed by atoms with van der Waals surface area (Å²) in [7, 11) is 0.505. The van der Waals surface area contributed by atoms with E-state index in [9.17, 15) is 4.79 Å². The minimum absolute atomic E-state index is 0.296. The molecule has 0 heterocycles. The van der Waals surface area contributed by atoms with Crippen LogP contribution in [0.2, 0.25) is 6.82 Å². The van der Waals surface area contributed by atoms with E-state index < -0.39 is 24.7 Å². The van der Waals surface area contributed by atoms with Gasteiger partial charge in [-0.05, 0) is 6.82 Å². The van der Waals surface area contributed by atoms with E-state index in [2.05, 4.69) is 9.96 Å². The maximum Gasteiger partial charge on any atom is 0.374 e. The number of carbonyl (C=O) groups excluding carboxylic acids is 1. The first kappa shape index (κ1) is 10.5. The molecule has 0 aromatic heterocycles. The Kier molecular flexibility index (Phi) is 2.95. The quantitative estimate of drug-likeness (QED) is 0.380. The van der Waals surface area contributed by atoms with E-state index in [4.69, 9.17) is 10.1 Å². The predicted octanol–water partition coefficient (Wildman–Crippen LogP) is -1.25. The number of aliphatic hydroxyl groups is 1. The van der Waals surface area contributed by atoms with E-state index in [0.29, 0.717) is 12.8 Å². The molecular weight excluding hydrogens is 173 g/mol. The minimum atomic E-state index is -0.887. The highest BCUT2D eigenvalue weighted by Gasteiger charge is 2.51. The van der Waals surface area contributed by atoms with Crippen molar-refractivity contribution in [2.75, 3.05) is 7.11 Å². The Morgan fingerprint density at radius 3 is 2.54 bits per heavy atom. The Balaban J connectivity index is 2.61. The number of hydrogen-bond acceptors (Lipinski definition) is 5. The van der Waals surface area contributed by atoms with Gasteiger partial charge >= 0.3 is 13.0 Å². The summed E-state index contributed by atoms with van der Waals surface area (Å²) in [4.78, 5) is 11.3. The van der Waals surface area contributed by atoms with Crippen LogP contribution in [0.3, 0.4) is 0 Å². The Labute approximate surface area is 77.2 Å². The number of hydrogen-bond donors (Lipinski definition) is 3. The summed E-state index contributed by atoms with van der Waals surface area (Å²) in [5.74, 6) is -0.432. The molecule has 0 bridgehead atoms. The van der Waals surface area contributed by atoms with Gasteiger partial charge in [0.25, 0.3) is 0 Å². The smallest absolute Gasteiger partial charge is 0.374 e. The van der Waals surface area contributed by atoms with E-state index in [-0.39, 0.29) is 0 Å². The molecule has 1 aliphatic carbocycles. The molecule has 1 aliphatic rings. The van der Waals surface area contributed by atoms with Crippen LogP contribution < -0.4 is 5.23 Å².